The van der Waals surface area contributed by atoms with E-state index in [2.05, 4.69) is 9.17 Å². The summed E-state index contributed by atoms with van der Waals surface area (Å²) in [5, 5.41) is 2.65. The topological polar surface area (TPSA) is 61.2 Å². The molecule has 0 aliphatic heterocycles. The van der Waals surface area contributed by atoms with Gasteiger partial charge in [-0.25, -0.2) is 18.2 Å². The fourth-order valence-corrected chi connectivity index (χ4v) is 5.17. The number of nitrogens with zero attached hydrogens (tertiary/aromatic N) is 2. The van der Waals surface area contributed by atoms with E-state index in [0.29, 0.717) is 33.9 Å². The van der Waals surface area contributed by atoms with Gasteiger partial charge >= 0.3 is 15.6 Å². The van der Waals surface area contributed by atoms with Gasteiger partial charge in [-0.2, -0.15) is 21.6 Å². The number of halogens is 6. The van der Waals surface area contributed by atoms with Gasteiger partial charge in [0.2, 0.25) is 0 Å². The summed E-state index contributed by atoms with van der Waals surface area (Å²) in [6.45, 7) is 0. The Morgan fingerprint density at radius 1 is 0.725 bits per heavy atom. The summed E-state index contributed by atoms with van der Waals surface area (Å²) in [5.74, 6) is -5.68. The van der Waals surface area contributed by atoms with Crippen LogP contribution in [0.3, 0.4) is 0 Å². The van der Waals surface area contributed by atoms with Crippen LogP contribution in [0.2, 0.25) is 0 Å². The highest BCUT2D eigenvalue weighted by Gasteiger charge is 2.49. The van der Waals surface area contributed by atoms with Crippen molar-refractivity contribution in [3.8, 4) is 22.8 Å². The Labute approximate surface area is 222 Å². The first-order valence-corrected chi connectivity index (χ1v) is 13.0. The van der Waals surface area contributed by atoms with Gasteiger partial charge in [-0.3, -0.25) is 4.57 Å². The Morgan fingerprint density at radius 3 is 1.88 bits per heavy atom. The van der Waals surface area contributed by atoms with Gasteiger partial charge in [0.25, 0.3) is 0 Å². The molecule has 0 spiro atoms. The summed E-state index contributed by atoms with van der Waals surface area (Å²) < 4.78 is 112. The summed E-state index contributed by atoms with van der Waals surface area (Å²) in [5.41, 5.74) is -5.62. The predicted octanol–water partition coefficient (Wildman–Crippen LogP) is 7.64. The van der Waals surface area contributed by atoms with Crippen molar-refractivity contribution in [2.24, 2.45) is 0 Å². The van der Waals surface area contributed by atoms with Gasteiger partial charge < -0.3 is 4.18 Å². The standard InChI is InChI=1S/C28H14F6N2O3S/c29-21-13-15(14-22(30)24(21)31)36-26-19-10-4-2-8-17(19)16-7-1-3-9-18(16)25(26)35-27(36)20-11-5-6-12-23(20)39-40(37,38)28(32,33)34/h1-14H. The second-order valence-corrected chi connectivity index (χ2v) is 10.3. The van der Waals surface area contributed by atoms with Crippen molar-refractivity contribution in [2.45, 2.75) is 5.51 Å². The van der Waals surface area contributed by atoms with Crippen molar-refractivity contribution >= 4 is 42.7 Å². The Hall–Kier alpha value is -4.58. The van der Waals surface area contributed by atoms with E-state index in [-0.39, 0.29) is 17.1 Å². The van der Waals surface area contributed by atoms with Gasteiger partial charge in [0.05, 0.1) is 22.3 Å². The molecule has 0 bridgehead atoms. The van der Waals surface area contributed by atoms with Crippen molar-refractivity contribution in [1.82, 2.24) is 9.55 Å². The van der Waals surface area contributed by atoms with Crippen LogP contribution >= 0.6 is 0 Å². The molecule has 1 heterocycles. The lowest BCUT2D eigenvalue weighted by molar-refractivity contribution is -0.0499. The van der Waals surface area contributed by atoms with E-state index >= 15 is 0 Å². The number of fused-ring (bicyclic) bond motifs is 6. The first kappa shape index (κ1) is 25.7. The number of para-hydroxylation sites is 1. The first-order valence-electron chi connectivity index (χ1n) is 11.5. The Balaban J connectivity index is 1.79. The zero-order chi connectivity index (χ0) is 28.4. The molecule has 0 unspecified atom stereocenters. The van der Waals surface area contributed by atoms with Crippen LogP contribution in [0.25, 0.3) is 49.7 Å². The highest BCUT2D eigenvalue weighted by Crippen LogP contribution is 2.42. The van der Waals surface area contributed by atoms with E-state index in [0.717, 1.165) is 16.8 Å². The minimum Gasteiger partial charge on any atom is -0.375 e. The van der Waals surface area contributed by atoms with Crippen LogP contribution < -0.4 is 4.18 Å². The highest BCUT2D eigenvalue weighted by molar-refractivity contribution is 7.88. The zero-order valence-corrected chi connectivity index (χ0v) is 20.7. The van der Waals surface area contributed by atoms with E-state index in [1.807, 2.05) is 12.1 Å². The summed E-state index contributed by atoms with van der Waals surface area (Å²) in [6, 6.07) is 20.5. The number of aromatic nitrogens is 2. The third-order valence-electron chi connectivity index (χ3n) is 6.37. The van der Waals surface area contributed by atoms with Crippen LogP contribution in [0.5, 0.6) is 5.75 Å². The number of imidazole rings is 1. The van der Waals surface area contributed by atoms with E-state index in [4.69, 9.17) is 0 Å². The lowest BCUT2D eigenvalue weighted by Crippen LogP contribution is -2.28. The summed E-state index contributed by atoms with van der Waals surface area (Å²) in [7, 11) is -6.08. The molecule has 202 valence electrons. The molecular weight excluding hydrogens is 558 g/mol. The van der Waals surface area contributed by atoms with Crippen LogP contribution in [-0.4, -0.2) is 23.5 Å². The lowest BCUT2D eigenvalue weighted by atomic mass is 10.00. The molecule has 1 aromatic heterocycles. The molecule has 0 aliphatic rings. The van der Waals surface area contributed by atoms with E-state index in [1.165, 1.54) is 22.8 Å². The maximum atomic E-state index is 14.5. The molecule has 0 N–H and O–H groups in total. The largest absolute Gasteiger partial charge is 0.534 e. The molecule has 6 aromatic rings. The number of hydrogen-bond acceptors (Lipinski definition) is 4. The molecule has 12 heteroatoms. The summed E-state index contributed by atoms with van der Waals surface area (Å²) in [6.07, 6.45) is 0. The van der Waals surface area contributed by atoms with Gasteiger partial charge in [0.15, 0.2) is 23.2 Å². The molecule has 0 saturated carbocycles. The molecule has 0 atom stereocenters. The maximum absolute atomic E-state index is 14.5. The van der Waals surface area contributed by atoms with Crippen molar-refractivity contribution in [1.29, 1.82) is 0 Å². The van der Waals surface area contributed by atoms with Crippen molar-refractivity contribution in [2.75, 3.05) is 0 Å². The second kappa shape index (κ2) is 8.98. The molecule has 6 rings (SSSR count). The molecule has 0 fully saturated rings. The normalized spacial score (nSPS) is 12.4. The number of benzene rings is 5. The Bertz CT molecular complexity index is 2070. The molecule has 5 nitrogen and oxygen atoms in total. The van der Waals surface area contributed by atoms with Gasteiger partial charge in [-0.1, -0.05) is 60.7 Å². The average Bonchev–Trinajstić information content (AvgIpc) is 3.32. The van der Waals surface area contributed by atoms with E-state index in [9.17, 15) is 34.8 Å². The van der Waals surface area contributed by atoms with Crippen LogP contribution in [0.1, 0.15) is 0 Å². The van der Waals surface area contributed by atoms with Gasteiger partial charge in [-0.05, 0) is 22.9 Å². The van der Waals surface area contributed by atoms with Crippen molar-refractivity contribution in [3.63, 3.8) is 0 Å². The van der Waals surface area contributed by atoms with Crippen LogP contribution in [-0.2, 0) is 10.1 Å². The van der Waals surface area contributed by atoms with Crippen molar-refractivity contribution < 1.29 is 38.9 Å². The van der Waals surface area contributed by atoms with Gasteiger partial charge in [0, 0.05) is 22.9 Å². The fourth-order valence-electron chi connectivity index (χ4n) is 4.70. The second-order valence-electron chi connectivity index (χ2n) is 8.76. The zero-order valence-electron chi connectivity index (χ0n) is 19.9. The molecule has 0 amide bonds. The summed E-state index contributed by atoms with van der Waals surface area (Å²) >= 11 is 0. The van der Waals surface area contributed by atoms with Gasteiger partial charge in [-0.15, -0.1) is 0 Å². The average molecular weight is 572 g/mol. The Kier molecular flexibility index (Phi) is 5.77. The lowest BCUT2D eigenvalue weighted by Gasteiger charge is -2.15. The first-order chi connectivity index (χ1) is 19.0. The Morgan fingerprint density at radius 2 is 1.25 bits per heavy atom. The predicted molar refractivity (Wildman–Crippen MR) is 137 cm³/mol. The third kappa shape index (κ3) is 3.94. The smallest absolute Gasteiger partial charge is 0.375 e. The molecule has 40 heavy (non-hydrogen) atoms. The third-order valence-corrected chi connectivity index (χ3v) is 7.34. The van der Waals surface area contributed by atoms with Crippen LogP contribution in [0.4, 0.5) is 26.3 Å². The fraction of sp³-hybridized carbons (Fsp3) is 0.0357. The maximum Gasteiger partial charge on any atom is 0.534 e. The number of rotatable bonds is 4. The molecular formula is C28H14F6N2O3S. The van der Waals surface area contributed by atoms with Crippen LogP contribution in [0.15, 0.2) is 84.9 Å². The van der Waals surface area contributed by atoms with E-state index < -0.39 is 38.8 Å². The molecule has 0 aliphatic carbocycles. The monoisotopic (exact) mass is 572 g/mol. The van der Waals surface area contributed by atoms with Gasteiger partial charge in [0.1, 0.15) is 5.82 Å². The van der Waals surface area contributed by atoms with Crippen molar-refractivity contribution in [3.05, 3.63) is 102 Å². The quantitative estimate of drug-likeness (QED) is 0.0716. The molecule has 5 aromatic carbocycles. The summed E-state index contributed by atoms with van der Waals surface area (Å²) in [4.78, 5) is 4.64. The van der Waals surface area contributed by atoms with E-state index in [1.54, 1.807) is 36.4 Å². The highest BCUT2D eigenvalue weighted by atomic mass is 32.2. The molecule has 0 saturated heterocycles. The van der Waals surface area contributed by atoms with Crippen LogP contribution in [0, 0.1) is 17.5 Å². The number of hydrogen-bond donors (Lipinski definition) is 0. The minimum absolute atomic E-state index is 0.199. The molecule has 0 radical (unpaired) electrons. The SMILES string of the molecule is O=S(=O)(Oc1ccccc1-c1nc2c3ccccc3c3ccccc3c2n1-c1cc(F)c(F)c(F)c1)C(F)(F)F. The minimum atomic E-state index is -6.08. The number of alkyl halides is 3.